The van der Waals surface area contributed by atoms with Crippen LogP contribution in [-0.2, 0) is 59.2 Å². The summed E-state index contributed by atoms with van der Waals surface area (Å²) in [5.74, 6) is -2.91. The first-order valence-electron chi connectivity index (χ1n) is 25.1. The van der Waals surface area contributed by atoms with Gasteiger partial charge in [0.1, 0.15) is 29.8 Å². The second kappa shape index (κ2) is 22.0. The maximum Gasteiger partial charge on any atom is 0.408 e. The third kappa shape index (κ3) is 11.7. The summed E-state index contributed by atoms with van der Waals surface area (Å²) in [6, 6.07) is 24.6. The number of hydrogen-bond acceptors (Lipinski definition) is 11. The smallest absolute Gasteiger partial charge is 0.408 e. The highest BCUT2D eigenvalue weighted by molar-refractivity contribution is 6.08. The van der Waals surface area contributed by atoms with Crippen LogP contribution in [0.1, 0.15) is 118 Å². The molecule has 72 heavy (non-hydrogen) atoms. The number of aryl methyl sites for hydroxylation is 3. The van der Waals surface area contributed by atoms with Crippen LogP contribution < -0.4 is 41.7 Å². The molecule has 7 N–H and O–H groups in total. The summed E-state index contributed by atoms with van der Waals surface area (Å²) in [6.07, 6.45) is 4.80. The molecule has 380 valence electrons. The summed E-state index contributed by atoms with van der Waals surface area (Å²) in [5.41, 5.74) is 12.5. The number of alkyl carbamates (subject to hydrolysis) is 1. The average Bonchev–Trinajstić information content (AvgIpc) is 3.80. The number of unbranched alkanes of at least 4 members (excludes halogenated alkanes) is 3. The first-order chi connectivity index (χ1) is 34.4. The lowest BCUT2D eigenvalue weighted by molar-refractivity contribution is -0.134. The Hall–Kier alpha value is -7.27. The summed E-state index contributed by atoms with van der Waals surface area (Å²) in [4.78, 5) is 98.1. The van der Waals surface area contributed by atoms with Crippen molar-refractivity contribution >= 4 is 58.6 Å². The first-order valence-corrected chi connectivity index (χ1v) is 25.1. The zero-order valence-electron chi connectivity index (χ0n) is 41.4. The Bertz CT molecular complexity index is 2650. The number of hydrogen-bond donors (Lipinski definition) is 6. The van der Waals surface area contributed by atoms with E-state index in [1.165, 1.54) is 4.90 Å². The summed E-state index contributed by atoms with van der Waals surface area (Å²) in [6.45, 7) is 5.21. The number of amides is 7. The maximum absolute atomic E-state index is 14.7. The van der Waals surface area contributed by atoms with Gasteiger partial charge in [0.2, 0.25) is 41.8 Å². The molecule has 0 bridgehead atoms. The molecule has 8 rings (SSSR count). The summed E-state index contributed by atoms with van der Waals surface area (Å²) >= 11 is 0. The van der Waals surface area contributed by atoms with Gasteiger partial charge in [0, 0.05) is 26.3 Å². The van der Waals surface area contributed by atoms with Crippen LogP contribution in [0, 0.1) is 0 Å². The van der Waals surface area contributed by atoms with Gasteiger partial charge in [-0.1, -0.05) is 91.7 Å². The molecule has 17 heteroatoms. The van der Waals surface area contributed by atoms with Crippen LogP contribution in [0.25, 0.3) is 0 Å². The number of anilines is 3. The molecule has 0 radical (unpaired) electrons. The molecular formula is C55H66N8O9. The minimum absolute atomic E-state index is 0.0743. The normalized spacial score (nSPS) is 19.8. The second-order valence-corrected chi connectivity index (χ2v) is 20.3. The Morgan fingerprint density at radius 3 is 2.10 bits per heavy atom. The molecule has 2 unspecified atom stereocenters. The number of piperidine rings is 1. The molecule has 4 aliphatic heterocycles. The van der Waals surface area contributed by atoms with Gasteiger partial charge in [0.25, 0.3) is 0 Å². The molecule has 4 heterocycles. The Morgan fingerprint density at radius 1 is 0.806 bits per heavy atom. The van der Waals surface area contributed by atoms with Gasteiger partial charge < -0.3 is 41.3 Å². The van der Waals surface area contributed by atoms with Crippen molar-refractivity contribution in [1.82, 2.24) is 21.3 Å². The fraction of sp³-hybridized carbons (Fsp3) is 0.436. The van der Waals surface area contributed by atoms with E-state index in [0.29, 0.717) is 18.5 Å². The quantitative estimate of drug-likeness (QED) is 0.0566. The first kappa shape index (κ1) is 51.1. The number of aliphatic hydroxyl groups is 1. The number of imide groups is 1. The molecular weight excluding hydrogens is 917 g/mol. The molecule has 0 spiro atoms. The third-order valence-corrected chi connectivity index (χ3v) is 13.9. The van der Waals surface area contributed by atoms with Crippen molar-refractivity contribution in [1.29, 1.82) is 0 Å². The summed E-state index contributed by atoms with van der Waals surface area (Å²) < 4.78 is 5.54. The number of carbonyl (C=O) groups excluding carboxylic acids is 7. The van der Waals surface area contributed by atoms with Crippen LogP contribution in [-0.4, -0.2) is 89.8 Å². The zero-order valence-corrected chi connectivity index (χ0v) is 41.4. The van der Waals surface area contributed by atoms with Gasteiger partial charge in [0.15, 0.2) is 0 Å². The predicted molar refractivity (Wildman–Crippen MR) is 272 cm³/mol. The van der Waals surface area contributed by atoms with Gasteiger partial charge in [-0.25, -0.2) is 4.79 Å². The average molecular weight is 983 g/mol. The molecule has 7 amide bonds. The van der Waals surface area contributed by atoms with E-state index in [-0.39, 0.29) is 38.0 Å². The maximum atomic E-state index is 14.7. The van der Waals surface area contributed by atoms with Gasteiger partial charge >= 0.3 is 6.09 Å². The van der Waals surface area contributed by atoms with Crippen LogP contribution in [0.15, 0.2) is 91.0 Å². The Kier molecular flexibility index (Phi) is 15.6. The van der Waals surface area contributed by atoms with Gasteiger partial charge in [-0.15, -0.1) is 0 Å². The highest BCUT2D eigenvalue weighted by atomic mass is 16.6. The Balaban J connectivity index is 0.952. The highest BCUT2D eigenvalue weighted by Crippen LogP contribution is 2.42. The van der Waals surface area contributed by atoms with Crippen molar-refractivity contribution in [3.8, 4) is 0 Å². The Labute approximate surface area is 420 Å². The van der Waals surface area contributed by atoms with Gasteiger partial charge in [-0.3, -0.25) is 39.0 Å². The van der Waals surface area contributed by atoms with Crippen molar-refractivity contribution in [3.05, 3.63) is 124 Å². The van der Waals surface area contributed by atoms with E-state index >= 15 is 0 Å². The molecule has 4 aliphatic rings. The number of benzene rings is 4. The van der Waals surface area contributed by atoms with Crippen molar-refractivity contribution in [2.45, 2.75) is 146 Å². The largest absolute Gasteiger partial charge is 0.444 e. The topological polar surface area (TPSA) is 233 Å². The lowest BCUT2D eigenvalue weighted by Gasteiger charge is -2.34. The fourth-order valence-corrected chi connectivity index (χ4v) is 10.4. The summed E-state index contributed by atoms with van der Waals surface area (Å²) in [7, 11) is 1.79. The summed E-state index contributed by atoms with van der Waals surface area (Å²) in [5, 5.41) is 22.2. The number of carbonyl (C=O) groups is 7. The van der Waals surface area contributed by atoms with Crippen LogP contribution >= 0.6 is 0 Å². The molecule has 1 saturated heterocycles. The highest BCUT2D eigenvalue weighted by Gasteiger charge is 2.46. The van der Waals surface area contributed by atoms with E-state index in [4.69, 9.17) is 10.5 Å². The zero-order chi connectivity index (χ0) is 51.3. The van der Waals surface area contributed by atoms with Gasteiger partial charge in [0.05, 0.1) is 23.1 Å². The van der Waals surface area contributed by atoms with E-state index in [0.717, 1.165) is 83.3 Å². The van der Waals surface area contributed by atoms with Crippen molar-refractivity contribution in [2.24, 2.45) is 5.73 Å². The van der Waals surface area contributed by atoms with E-state index < -0.39 is 77.8 Å². The van der Waals surface area contributed by atoms with Crippen molar-refractivity contribution in [3.63, 3.8) is 0 Å². The molecule has 0 aromatic heterocycles. The number of nitrogens with two attached hydrogens (primary N) is 1. The van der Waals surface area contributed by atoms with Crippen LogP contribution in [0.3, 0.4) is 0 Å². The van der Waals surface area contributed by atoms with E-state index in [2.05, 4.69) is 39.5 Å². The molecule has 4 aromatic rings. The lowest BCUT2D eigenvalue weighted by atomic mass is 9.95. The molecule has 17 nitrogen and oxygen atoms in total. The molecule has 5 atom stereocenters. The van der Waals surface area contributed by atoms with Gasteiger partial charge in [-0.2, -0.15) is 0 Å². The third-order valence-electron chi connectivity index (χ3n) is 13.9. The van der Waals surface area contributed by atoms with Crippen LogP contribution in [0.2, 0.25) is 0 Å². The van der Waals surface area contributed by atoms with E-state index in [9.17, 15) is 38.7 Å². The standard InChI is InChI=1S/C55H66N8O9/c1-55(2,3)72-53(70)58-40-23-22-37-29-34(16-10-6-5-9-15-33-21-25-41-43(31-33)61(4)54(71)62(41)42-26-28-46(65)59-50(42)67)30-38-32-44(63(48(37)38)52(40)69)51(68)57-39(24-27-45(56)64)49(66)60-47(35-17-11-7-12-18-35)36-19-13-8-14-20-36/h7-8,11-14,17-21,25,29-31,39-40,42,44,47,54,71H,5-6,9-10,15-16,22-24,26-28,32H2,1-4H3,(H2,56,64)(H,57,68)(H,58,70)(H,60,66)(H,59,65,67)/t39-,40-,42?,44-,54?/m0/s1. The number of rotatable bonds is 18. The molecule has 1 fully saturated rings. The monoisotopic (exact) mass is 982 g/mol. The predicted octanol–water partition coefficient (Wildman–Crippen LogP) is 5.12. The minimum atomic E-state index is -1.18. The number of nitrogens with one attached hydrogen (secondary N) is 4. The van der Waals surface area contributed by atoms with Crippen LogP contribution in [0.5, 0.6) is 0 Å². The number of fused-ring (bicyclic) bond motifs is 1. The minimum Gasteiger partial charge on any atom is -0.444 e. The fourth-order valence-electron chi connectivity index (χ4n) is 10.4. The number of primary amides is 1. The second-order valence-electron chi connectivity index (χ2n) is 20.3. The van der Waals surface area contributed by atoms with E-state index in [1.54, 1.807) is 37.6 Å². The van der Waals surface area contributed by atoms with Crippen LogP contribution in [0.4, 0.5) is 21.9 Å². The SMILES string of the molecule is CN1c2cc(CCCCCCc3cc4c5c(c3)C[C@@H](C(=O)N[C@@H](CCC(N)=O)C(=O)NC(c3ccccc3)c3ccccc3)N5C(=O)[C@@H](NC(=O)OC(C)(C)C)CC4)ccc2N(C2CCC(=O)NC2=O)C1O. The number of nitrogens with zero attached hydrogens (tertiary/aromatic N) is 3. The lowest BCUT2D eigenvalue weighted by Crippen LogP contribution is -2.57. The van der Waals surface area contributed by atoms with Gasteiger partial charge in [-0.05, 0) is 118 Å². The molecule has 0 aliphatic carbocycles. The van der Waals surface area contributed by atoms with Crippen molar-refractivity contribution in [2.75, 3.05) is 21.7 Å². The number of ether oxygens (including phenoxy) is 1. The van der Waals surface area contributed by atoms with Crippen molar-refractivity contribution < 1.29 is 43.4 Å². The number of aliphatic hydroxyl groups excluding tert-OH is 1. The van der Waals surface area contributed by atoms with E-state index in [1.807, 2.05) is 72.8 Å². The Morgan fingerprint density at radius 2 is 1.46 bits per heavy atom. The molecule has 4 aromatic carbocycles. The molecule has 0 saturated carbocycles.